The summed E-state index contributed by atoms with van der Waals surface area (Å²) in [6, 6.07) is 3.66. The van der Waals surface area contributed by atoms with Crippen molar-refractivity contribution >= 4 is 23.5 Å². The minimum Gasteiger partial charge on any atom is -0.373 e. The van der Waals surface area contributed by atoms with Crippen LogP contribution in [0.1, 0.15) is 42.2 Å². The number of nitrogens with one attached hydrogen (secondary N) is 2. The highest BCUT2D eigenvalue weighted by Crippen LogP contribution is 2.11. The number of thioether (sulfide) groups is 1. The predicted molar refractivity (Wildman–Crippen MR) is 87.7 cm³/mol. The van der Waals surface area contributed by atoms with Crippen LogP contribution in [0.3, 0.4) is 0 Å². The first-order chi connectivity index (χ1) is 9.71. The zero-order valence-electron chi connectivity index (χ0n) is 12.7. The quantitative estimate of drug-likeness (QED) is 0.688. The van der Waals surface area contributed by atoms with Crippen molar-refractivity contribution in [1.29, 1.82) is 0 Å². The lowest BCUT2D eigenvalue weighted by Crippen LogP contribution is -2.24. The number of nitrogens with zero attached hydrogens (tertiary/aromatic N) is 1. The molecule has 0 saturated heterocycles. The second-order valence-electron chi connectivity index (χ2n) is 4.65. The van der Waals surface area contributed by atoms with Crippen molar-refractivity contribution in [3.05, 3.63) is 23.4 Å². The molecule has 5 heteroatoms. The number of unbranched alkanes of at least 4 members (excludes halogenated alkanes) is 2. The molecule has 0 unspecified atom stereocenters. The van der Waals surface area contributed by atoms with Crippen LogP contribution in [0.4, 0.5) is 5.82 Å². The summed E-state index contributed by atoms with van der Waals surface area (Å²) in [7, 11) is 1.81. The molecular formula is C15H25N3OS. The highest BCUT2D eigenvalue weighted by molar-refractivity contribution is 7.98. The van der Waals surface area contributed by atoms with Gasteiger partial charge in [0.25, 0.3) is 5.91 Å². The molecule has 112 valence electrons. The maximum Gasteiger partial charge on any atom is 0.251 e. The minimum absolute atomic E-state index is 0.0107. The number of rotatable bonds is 9. The molecule has 4 nitrogen and oxygen atoms in total. The molecule has 1 heterocycles. The van der Waals surface area contributed by atoms with Gasteiger partial charge in [-0.25, -0.2) is 4.98 Å². The molecule has 0 bridgehead atoms. The zero-order valence-corrected chi connectivity index (χ0v) is 13.5. The molecule has 0 aliphatic rings. The molecule has 0 aliphatic heterocycles. The van der Waals surface area contributed by atoms with Crippen molar-refractivity contribution in [2.75, 3.05) is 30.9 Å². The summed E-state index contributed by atoms with van der Waals surface area (Å²) in [6.45, 7) is 2.78. The molecule has 0 saturated carbocycles. The molecule has 20 heavy (non-hydrogen) atoms. The summed E-state index contributed by atoms with van der Waals surface area (Å²) in [5.74, 6) is 1.93. The van der Waals surface area contributed by atoms with E-state index in [0.29, 0.717) is 5.56 Å². The topological polar surface area (TPSA) is 54.0 Å². The summed E-state index contributed by atoms with van der Waals surface area (Å²) in [4.78, 5) is 16.5. The van der Waals surface area contributed by atoms with E-state index in [1.165, 1.54) is 18.6 Å². The van der Waals surface area contributed by atoms with E-state index >= 15 is 0 Å². The van der Waals surface area contributed by atoms with Crippen LogP contribution >= 0.6 is 11.8 Å². The second kappa shape index (κ2) is 9.64. The first kappa shape index (κ1) is 16.8. The summed E-state index contributed by atoms with van der Waals surface area (Å²) < 4.78 is 0. The van der Waals surface area contributed by atoms with Crippen molar-refractivity contribution in [1.82, 2.24) is 10.3 Å². The molecule has 1 aromatic heterocycles. The summed E-state index contributed by atoms with van der Waals surface area (Å²) in [6.07, 6.45) is 6.37. The number of carbonyl (C=O) groups is 1. The van der Waals surface area contributed by atoms with E-state index in [1.807, 2.05) is 31.8 Å². The first-order valence-electron chi connectivity index (χ1n) is 7.17. The van der Waals surface area contributed by atoms with Gasteiger partial charge in [0.2, 0.25) is 0 Å². The van der Waals surface area contributed by atoms with Gasteiger partial charge in [0.05, 0.1) is 0 Å². The monoisotopic (exact) mass is 295 g/mol. The molecule has 0 spiro atoms. The molecule has 0 aliphatic carbocycles. The van der Waals surface area contributed by atoms with Crippen molar-refractivity contribution in [2.24, 2.45) is 0 Å². The normalized spacial score (nSPS) is 10.3. The van der Waals surface area contributed by atoms with E-state index < -0.39 is 0 Å². The third-order valence-electron chi connectivity index (χ3n) is 3.07. The lowest BCUT2D eigenvalue weighted by molar-refractivity contribution is 0.0953. The number of carbonyl (C=O) groups excluding carboxylic acids is 1. The van der Waals surface area contributed by atoms with Gasteiger partial charge in [-0.05, 0) is 43.4 Å². The van der Waals surface area contributed by atoms with Crippen molar-refractivity contribution in [2.45, 2.75) is 32.6 Å². The van der Waals surface area contributed by atoms with Crippen LogP contribution < -0.4 is 10.6 Å². The Kier molecular flexibility index (Phi) is 8.11. The van der Waals surface area contributed by atoms with Crippen molar-refractivity contribution < 1.29 is 4.79 Å². The summed E-state index contributed by atoms with van der Waals surface area (Å²) >= 11 is 1.87. The lowest BCUT2D eigenvalue weighted by atomic mass is 10.1. The first-order valence-corrected chi connectivity index (χ1v) is 8.56. The SMILES string of the molecule is CCc1cc(C(=O)NCCCCCSC)cc(NC)n1. The highest BCUT2D eigenvalue weighted by atomic mass is 32.2. The largest absolute Gasteiger partial charge is 0.373 e. The molecule has 1 rings (SSSR count). The Balaban J connectivity index is 2.46. The Morgan fingerprint density at radius 2 is 2.10 bits per heavy atom. The van der Waals surface area contributed by atoms with E-state index in [4.69, 9.17) is 0 Å². The molecule has 0 radical (unpaired) electrons. The Labute approximate surface area is 126 Å². The number of pyridine rings is 1. The Morgan fingerprint density at radius 1 is 1.30 bits per heavy atom. The van der Waals surface area contributed by atoms with E-state index in [2.05, 4.69) is 21.9 Å². The minimum atomic E-state index is -0.0107. The number of aryl methyl sites for hydroxylation is 1. The van der Waals surface area contributed by atoms with Crippen LogP contribution in [0.2, 0.25) is 0 Å². The van der Waals surface area contributed by atoms with Gasteiger partial charge in [-0.2, -0.15) is 11.8 Å². The van der Waals surface area contributed by atoms with Crippen LogP contribution in [-0.4, -0.2) is 36.5 Å². The summed E-state index contributed by atoms with van der Waals surface area (Å²) in [5.41, 5.74) is 1.62. The van der Waals surface area contributed by atoms with Crippen molar-refractivity contribution in [3.8, 4) is 0 Å². The Hall–Kier alpha value is -1.23. The maximum atomic E-state index is 12.1. The van der Waals surface area contributed by atoms with Crippen LogP contribution in [0.25, 0.3) is 0 Å². The van der Waals surface area contributed by atoms with Gasteiger partial charge in [-0.3, -0.25) is 4.79 Å². The fourth-order valence-corrected chi connectivity index (χ4v) is 2.37. The van der Waals surface area contributed by atoms with Crippen LogP contribution in [0.15, 0.2) is 12.1 Å². The van der Waals surface area contributed by atoms with Gasteiger partial charge in [-0.15, -0.1) is 0 Å². The van der Waals surface area contributed by atoms with Crippen LogP contribution in [0, 0.1) is 0 Å². The van der Waals surface area contributed by atoms with E-state index in [1.54, 1.807) is 6.07 Å². The fraction of sp³-hybridized carbons (Fsp3) is 0.600. The van der Waals surface area contributed by atoms with Crippen molar-refractivity contribution in [3.63, 3.8) is 0 Å². The molecule has 0 fully saturated rings. The predicted octanol–water partition coefficient (Wildman–Crippen LogP) is 2.95. The smallest absolute Gasteiger partial charge is 0.251 e. The third-order valence-corrected chi connectivity index (χ3v) is 3.77. The van der Waals surface area contributed by atoms with Crippen LogP contribution in [-0.2, 0) is 6.42 Å². The number of hydrogen-bond acceptors (Lipinski definition) is 4. The summed E-state index contributed by atoms with van der Waals surface area (Å²) in [5, 5.41) is 5.97. The van der Waals surface area contributed by atoms with Gasteiger partial charge in [-0.1, -0.05) is 13.3 Å². The number of amides is 1. The highest BCUT2D eigenvalue weighted by Gasteiger charge is 2.08. The number of hydrogen-bond donors (Lipinski definition) is 2. The lowest BCUT2D eigenvalue weighted by Gasteiger charge is -2.08. The number of anilines is 1. The standard InChI is InChI=1S/C15H25N3OS/c1-4-13-10-12(11-14(16-2)18-13)15(19)17-8-6-5-7-9-20-3/h10-11H,4-9H2,1-3H3,(H,16,18)(H,17,19). The van der Waals surface area contributed by atoms with Gasteiger partial charge in [0.1, 0.15) is 5.82 Å². The van der Waals surface area contributed by atoms with Gasteiger partial charge >= 0.3 is 0 Å². The van der Waals surface area contributed by atoms with Crippen LogP contribution in [0.5, 0.6) is 0 Å². The molecule has 2 N–H and O–H groups in total. The Bertz CT molecular complexity index is 401. The second-order valence-corrected chi connectivity index (χ2v) is 5.63. The van der Waals surface area contributed by atoms with Gasteiger partial charge in [0.15, 0.2) is 0 Å². The molecular weight excluding hydrogens is 270 g/mol. The molecule has 0 aromatic carbocycles. The van der Waals surface area contributed by atoms with E-state index in [0.717, 1.165) is 30.9 Å². The third kappa shape index (κ3) is 5.82. The van der Waals surface area contributed by atoms with Gasteiger partial charge < -0.3 is 10.6 Å². The fourth-order valence-electron chi connectivity index (χ4n) is 1.88. The maximum absolute atomic E-state index is 12.1. The van der Waals surface area contributed by atoms with E-state index in [-0.39, 0.29) is 5.91 Å². The molecule has 0 atom stereocenters. The average Bonchev–Trinajstić information content (AvgIpc) is 2.49. The zero-order chi connectivity index (χ0) is 14.8. The number of aromatic nitrogens is 1. The average molecular weight is 295 g/mol. The Morgan fingerprint density at radius 3 is 2.75 bits per heavy atom. The van der Waals surface area contributed by atoms with Gasteiger partial charge in [0, 0.05) is 24.8 Å². The van der Waals surface area contributed by atoms with E-state index in [9.17, 15) is 4.79 Å². The molecule has 1 aromatic rings. The molecule has 1 amide bonds.